The van der Waals surface area contributed by atoms with Gasteiger partial charge in [0.15, 0.2) is 0 Å². The highest BCUT2D eigenvalue weighted by atomic mass is 16.3. The van der Waals surface area contributed by atoms with Gasteiger partial charge in [-0.05, 0) is 42.6 Å². The summed E-state index contributed by atoms with van der Waals surface area (Å²) in [6.45, 7) is 2.31. The van der Waals surface area contributed by atoms with Crippen molar-refractivity contribution in [2.75, 3.05) is 6.61 Å². The second-order valence-corrected chi connectivity index (χ2v) is 6.79. The van der Waals surface area contributed by atoms with E-state index >= 15 is 0 Å². The third-order valence-electron chi connectivity index (χ3n) is 5.49. The number of rotatable bonds is 5. The first-order valence-corrected chi connectivity index (χ1v) is 8.14. The van der Waals surface area contributed by atoms with Gasteiger partial charge in [0.2, 0.25) is 5.91 Å². The topological polar surface area (TPSA) is 49.3 Å². The van der Waals surface area contributed by atoms with Gasteiger partial charge >= 0.3 is 0 Å². The zero-order chi connectivity index (χ0) is 14.8. The molecule has 3 rings (SSSR count). The van der Waals surface area contributed by atoms with Crippen molar-refractivity contribution >= 4 is 5.91 Å². The minimum absolute atomic E-state index is 0.127. The SMILES string of the molecule is CC(CC(=O)NC1C2CCC(C2)C1CO)c1ccccc1. The van der Waals surface area contributed by atoms with Crippen molar-refractivity contribution in [3.63, 3.8) is 0 Å². The van der Waals surface area contributed by atoms with E-state index in [9.17, 15) is 9.90 Å². The lowest BCUT2D eigenvalue weighted by molar-refractivity contribution is -0.123. The molecule has 3 nitrogen and oxygen atoms in total. The van der Waals surface area contributed by atoms with E-state index in [0.717, 1.165) is 0 Å². The Balaban J connectivity index is 1.57. The highest BCUT2D eigenvalue weighted by molar-refractivity contribution is 5.77. The summed E-state index contributed by atoms with van der Waals surface area (Å²) in [6, 6.07) is 10.4. The molecule has 2 fully saturated rings. The quantitative estimate of drug-likeness (QED) is 0.875. The lowest BCUT2D eigenvalue weighted by atomic mass is 9.84. The van der Waals surface area contributed by atoms with E-state index < -0.39 is 0 Å². The van der Waals surface area contributed by atoms with Crippen LogP contribution in [0.25, 0.3) is 0 Å². The molecule has 1 aromatic carbocycles. The van der Waals surface area contributed by atoms with Crippen molar-refractivity contribution < 1.29 is 9.90 Å². The molecule has 0 saturated heterocycles. The summed E-state index contributed by atoms with van der Waals surface area (Å²) in [6.07, 6.45) is 4.14. The Bertz CT molecular complexity index is 487. The number of hydrogen-bond donors (Lipinski definition) is 2. The molecule has 2 N–H and O–H groups in total. The Kier molecular flexibility index (Phi) is 4.29. The average molecular weight is 287 g/mol. The molecule has 2 aliphatic carbocycles. The van der Waals surface area contributed by atoms with Gasteiger partial charge in [0.05, 0.1) is 0 Å². The summed E-state index contributed by atoms with van der Waals surface area (Å²) < 4.78 is 0. The number of aliphatic hydroxyl groups excluding tert-OH is 1. The molecule has 0 aliphatic heterocycles. The van der Waals surface area contributed by atoms with Crippen LogP contribution in [0.4, 0.5) is 0 Å². The molecule has 0 radical (unpaired) electrons. The molecular weight excluding hydrogens is 262 g/mol. The Labute approximate surface area is 126 Å². The van der Waals surface area contributed by atoms with Crippen LogP contribution in [0.15, 0.2) is 30.3 Å². The molecule has 21 heavy (non-hydrogen) atoms. The molecule has 5 unspecified atom stereocenters. The van der Waals surface area contributed by atoms with Gasteiger partial charge in [0.25, 0.3) is 0 Å². The van der Waals surface area contributed by atoms with Crippen LogP contribution in [-0.2, 0) is 4.79 Å². The second-order valence-electron chi connectivity index (χ2n) is 6.79. The number of nitrogens with one attached hydrogen (secondary N) is 1. The number of aliphatic hydroxyl groups is 1. The predicted molar refractivity (Wildman–Crippen MR) is 82.8 cm³/mol. The fourth-order valence-corrected chi connectivity index (χ4v) is 4.32. The molecule has 2 saturated carbocycles. The molecule has 1 amide bonds. The molecule has 114 valence electrons. The first-order valence-electron chi connectivity index (χ1n) is 8.14. The van der Waals surface area contributed by atoms with Crippen LogP contribution in [0, 0.1) is 17.8 Å². The van der Waals surface area contributed by atoms with Crippen molar-refractivity contribution in [2.45, 2.75) is 44.6 Å². The summed E-state index contributed by atoms with van der Waals surface area (Å²) in [7, 11) is 0. The highest BCUT2D eigenvalue weighted by Crippen LogP contribution is 2.48. The lowest BCUT2D eigenvalue weighted by Crippen LogP contribution is -2.45. The molecule has 2 bridgehead atoms. The minimum atomic E-state index is 0.127. The van der Waals surface area contributed by atoms with Gasteiger partial charge in [0.1, 0.15) is 0 Å². The van der Waals surface area contributed by atoms with Crippen molar-refractivity contribution in [3.05, 3.63) is 35.9 Å². The van der Waals surface area contributed by atoms with Gasteiger partial charge in [-0.3, -0.25) is 4.79 Å². The van der Waals surface area contributed by atoms with E-state index in [1.807, 2.05) is 18.2 Å². The van der Waals surface area contributed by atoms with E-state index in [1.54, 1.807) is 0 Å². The Morgan fingerprint density at radius 3 is 2.71 bits per heavy atom. The Morgan fingerprint density at radius 2 is 2.00 bits per heavy atom. The van der Waals surface area contributed by atoms with Crippen LogP contribution in [0.3, 0.4) is 0 Å². The summed E-state index contributed by atoms with van der Waals surface area (Å²) in [5.41, 5.74) is 1.21. The predicted octanol–water partition coefficient (Wildman–Crippen LogP) is 2.70. The first-order chi connectivity index (χ1) is 10.2. The van der Waals surface area contributed by atoms with E-state index in [-0.39, 0.29) is 30.4 Å². The molecule has 5 atom stereocenters. The fourth-order valence-electron chi connectivity index (χ4n) is 4.32. The average Bonchev–Trinajstić information content (AvgIpc) is 3.09. The smallest absolute Gasteiger partial charge is 0.220 e. The van der Waals surface area contributed by atoms with Gasteiger partial charge in [-0.2, -0.15) is 0 Å². The number of fused-ring (bicyclic) bond motifs is 2. The normalized spacial score (nSPS) is 32.1. The summed E-state index contributed by atoms with van der Waals surface area (Å²) in [4.78, 5) is 12.3. The van der Waals surface area contributed by atoms with E-state index in [2.05, 4.69) is 24.4 Å². The summed E-state index contributed by atoms with van der Waals surface area (Å²) in [5.74, 6) is 1.85. The van der Waals surface area contributed by atoms with Crippen LogP contribution < -0.4 is 5.32 Å². The van der Waals surface area contributed by atoms with Crippen LogP contribution in [-0.4, -0.2) is 23.7 Å². The Morgan fingerprint density at radius 1 is 1.29 bits per heavy atom. The number of carbonyl (C=O) groups is 1. The third kappa shape index (κ3) is 2.98. The number of hydrogen-bond acceptors (Lipinski definition) is 2. The van der Waals surface area contributed by atoms with Crippen molar-refractivity contribution in [1.29, 1.82) is 0 Å². The van der Waals surface area contributed by atoms with Gasteiger partial charge in [0, 0.05) is 25.0 Å². The fraction of sp³-hybridized carbons (Fsp3) is 0.611. The van der Waals surface area contributed by atoms with E-state index in [1.165, 1.54) is 24.8 Å². The summed E-state index contributed by atoms with van der Waals surface area (Å²) in [5, 5.41) is 12.8. The molecule has 0 aromatic heterocycles. The lowest BCUT2D eigenvalue weighted by Gasteiger charge is -2.30. The van der Waals surface area contributed by atoms with Gasteiger partial charge in [-0.25, -0.2) is 0 Å². The maximum absolute atomic E-state index is 12.3. The maximum Gasteiger partial charge on any atom is 0.220 e. The molecule has 0 heterocycles. The standard InChI is InChI=1S/C18H25NO2/c1-12(13-5-3-2-4-6-13)9-17(21)19-18-15-8-7-14(10-15)16(18)11-20/h2-6,12,14-16,18,20H,7-11H2,1H3,(H,19,21). The molecule has 0 spiro atoms. The van der Waals surface area contributed by atoms with Crippen LogP contribution in [0.2, 0.25) is 0 Å². The van der Waals surface area contributed by atoms with Crippen molar-refractivity contribution in [2.24, 2.45) is 17.8 Å². The van der Waals surface area contributed by atoms with Crippen LogP contribution >= 0.6 is 0 Å². The minimum Gasteiger partial charge on any atom is -0.396 e. The van der Waals surface area contributed by atoms with Crippen LogP contribution in [0.1, 0.15) is 44.1 Å². The van der Waals surface area contributed by atoms with Crippen LogP contribution in [0.5, 0.6) is 0 Å². The molecule has 3 heteroatoms. The number of benzene rings is 1. The zero-order valence-corrected chi connectivity index (χ0v) is 12.7. The second kappa shape index (κ2) is 6.18. The van der Waals surface area contributed by atoms with Crippen molar-refractivity contribution in [3.8, 4) is 0 Å². The zero-order valence-electron chi connectivity index (χ0n) is 12.7. The molecular formula is C18H25NO2. The molecule has 2 aliphatic rings. The largest absolute Gasteiger partial charge is 0.396 e. The third-order valence-corrected chi connectivity index (χ3v) is 5.49. The molecule has 1 aromatic rings. The first kappa shape index (κ1) is 14.6. The Hall–Kier alpha value is -1.35. The highest BCUT2D eigenvalue weighted by Gasteiger charge is 2.47. The monoisotopic (exact) mass is 287 g/mol. The number of amides is 1. The summed E-state index contributed by atoms with van der Waals surface area (Å²) >= 11 is 0. The van der Waals surface area contributed by atoms with E-state index in [4.69, 9.17) is 0 Å². The van der Waals surface area contributed by atoms with E-state index in [0.29, 0.717) is 18.3 Å². The van der Waals surface area contributed by atoms with Gasteiger partial charge < -0.3 is 10.4 Å². The van der Waals surface area contributed by atoms with Gasteiger partial charge in [-0.15, -0.1) is 0 Å². The van der Waals surface area contributed by atoms with Gasteiger partial charge in [-0.1, -0.05) is 37.3 Å². The maximum atomic E-state index is 12.3. The van der Waals surface area contributed by atoms with Crippen molar-refractivity contribution in [1.82, 2.24) is 5.32 Å². The number of carbonyl (C=O) groups excluding carboxylic acids is 1.